The van der Waals surface area contributed by atoms with Crippen LogP contribution < -0.4 is 0 Å². The average molecular weight is 747 g/mol. The Morgan fingerprint density at radius 3 is 1.07 bits per heavy atom. The first-order chi connectivity index (χ1) is 18.9. The maximum atomic E-state index is 12.9. The largest absolute Gasteiger partial charge is 0.298 e. The number of halogens is 2. The molecule has 4 aromatic carbocycles. The van der Waals surface area contributed by atoms with Crippen LogP contribution in [0.2, 0.25) is 0 Å². The van der Waals surface area contributed by atoms with E-state index in [9.17, 15) is 17.2 Å². The Hall–Kier alpha value is -1.79. The number of rotatable bonds is 8. The van der Waals surface area contributed by atoms with E-state index in [1.54, 1.807) is 36.0 Å². The summed E-state index contributed by atoms with van der Waals surface area (Å²) in [6.45, 7) is 24.0. The summed E-state index contributed by atoms with van der Waals surface area (Å²) < 4.78 is 48.5. The second-order valence-electron chi connectivity index (χ2n) is 8.69. The molecule has 0 saturated carbocycles. The molecular formula is C34H26F2O2S2Y2-4. The molecular weight excluding hydrogens is 720 g/mol. The van der Waals surface area contributed by atoms with Crippen LogP contribution in [0.5, 0.6) is 0 Å². The molecule has 2 radical (unpaired) electrons. The van der Waals surface area contributed by atoms with Gasteiger partial charge < -0.3 is 0 Å². The van der Waals surface area contributed by atoms with Crippen molar-refractivity contribution in [2.24, 2.45) is 0 Å². The third kappa shape index (κ3) is 10.7. The number of benzene rings is 4. The van der Waals surface area contributed by atoms with Crippen molar-refractivity contribution >= 4 is 43.9 Å². The summed E-state index contributed by atoms with van der Waals surface area (Å²) in [6.07, 6.45) is 3.15. The Bertz CT molecular complexity index is 1650. The molecule has 2 nitrogen and oxygen atoms in total. The van der Waals surface area contributed by atoms with Crippen LogP contribution in [-0.4, -0.2) is 20.9 Å². The molecule has 0 aliphatic rings. The number of sulfone groups is 1. The summed E-state index contributed by atoms with van der Waals surface area (Å²) in [5.74, 6) is -0.651. The molecule has 0 amide bonds. The zero-order valence-electron chi connectivity index (χ0n) is 23.1. The molecule has 0 heterocycles. The maximum absolute atomic E-state index is 12.9. The van der Waals surface area contributed by atoms with Gasteiger partial charge in [0.05, 0.1) is 4.90 Å². The molecule has 210 valence electrons. The van der Waals surface area contributed by atoms with Crippen molar-refractivity contribution in [1.29, 1.82) is 0 Å². The summed E-state index contributed by atoms with van der Waals surface area (Å²) in [4.78, 5) is 1.37. The molecule has 0 aromatic heterocycles. The van der Waals surface area contributed by atoms with Crippen LogP contribution in [0, 0.1) is 38.0 Å². The molecule has 0 N–H and O–H groups in total. The van der Waals surface area contributed by atoms with E-state index in [2.05, 4.69) is 0 Å². The average Bonchev–Trinajstić information content (AvgIpc) is 2.96. The van der Waals surface area contributed by atoms with Crippen molar-refractivity contribution in [1.82, 2.24) is 0 Å². The fourth-order valence-electron chi connectivity index (χ4n) is 3.53. The van der Waals surface area contributed by atoms with Gasteiger partial charge in [-0.05, 0) is 30.5 Å². The van der Waals surface area contributed by atoms with Crippen molar-refractivity contribution in [3.05, 3.63) is 157 Å². The Morgan fingerprint density at radius 1 is 0.548 bits per heavy atom. The Morgan fingerprint density at radius 2 is 0.810 bits per heavy atom. The molecule has 0 saturated heterocycles. The van der Waals surface area contributed by atoms with E-state index >= 15 is 0 Å². The van der Waals surface area contributed by atoms with Crippen LogP contribution in [0.4, 0.5) is 8.78 Å². The molecule has 8 heteroatoms. The van der Waals surface area contributed by atoms with E-state index in [0.717, 1.165) is 16.7 Å². The quantitative estimate of drug-likeness (QED) is 0.103. The van der Waals surface area contributed by atoms with Crippen LogP contribution >= 0.6 is 11.8 Å². The minimum Gasteiger partial charge on any atom is -0.298 e. The molecule has 0 aliphatic heterocycles. The monoisotopic (exact) mass is 746 g/mol. The van der Waals surface area contributed by atoms with Crippen molar-refractivity contribution in [2.45, 2.75) is 9.79 Å². The molecule has 0 unspecified atom stereocenters. The Labute approximate surface area is 302 Å². The van der Waals surface area contributed by atoms with Gasteiger partial charge in [0, 0.05) is 76.6 Å². The van der Waals surface area contributed by atoms with E-state index in [4.69, 9.17) is 26.3 Å². The number of thioether (sulfide) groups is 1. The van der Waals surface area contributed by atoms with Crippen LogP contribution in [0.25, 0.3) is 22.3 Å². The maximum Gasteiger partial charge on any atom is 0.175 e. The fraction of sp³-hybridized carbons (Fsp3) is 0.0588. The van der Waals surface area contributed by atoms with Crippen LogP contribution in [-0.2, 0) is 75.3 Å². The third-order valence-electron chi connectivity index (χ3n) is 5.89. The minimum absolute atomic E-state index is 0. The summed E-state index contributed by atoms with van der Waals surface area (Å²) in [5, 5.41) is 0. The van der Waals surface area contributed by atoms with Crippen molar-refractivity contribution in [3.63, 3.8) is 0 Å². The standard InChI is InChI=1S/C17H13FO2S.C17H13FS.2Y/c1-12(14-4-8-16(18)9-5-14)13(2)15-6-10-17(11-7-15)21(3,19)20;1-12(14-4-8-16(18)9-5-14)13(2)15-6-10-17(19-3)11-7-15;;/h1-2,4-11H,3H3;1-2,4-11H,3H3;;/q2*-2;;. The summed E-state index contributed by atoms with van der Waals surface area (Å²) in [7, 11) is -3.25. The van der Waals surface area contributed by atoms with E-state index in [0.29, 0.717) is 39.0 Å². The van der Waals surface area contributed by atoms with E-state index < -0.39 is 9.84 Å². The van der Waals surface area contributed by atoms with Gasteiger partial charge in [0.2, 0.25) is 0 Å². The van der Waals surface area contributed by atoms with Crippen LogP contribution in [0.1, 0.15) is 22.3 Å². The smallest absolute Gasteiger partial charge is 0.175 e. The summed E-state index contributed by atoms with van der Waals surface area (Å²) in [5.41, 5.74) is 4.35. The Kier molecular flexibility index (Phi) is 15.9. The topological polar surface area (TPSA) is 34.1 Å². The predicted molar refractivity (Wildman–Crippen MR) is 161 cm³/mol. The number of hydrogen-bond donors (Lipinski definition) is 0. The molecule has 0 aliphatic carbocycles. The van der Waals surface area contributed by atoms with Gasteiger partial charge in [-0.1, -0.05) is 24.3 Å². The van der Waals surface area contributed by atoms with Gasteiger partial charge in [-0.25, -0.2) is 17.2 Å². The molecule has 0 bridgehead atoms. The van der Waals surface area contributed by atoms with Gasteiger partial charge in [0.1, 0.15) is 11.6 Å². The second kappa shape index (κ2) is 17.5. The predicted octanol–water partition coefficient (Wildman–Crippen LogP) is 8.44. The number of hydrogen-bond acceptors (Lipinski definition) is 3. The first kappa shape index (κ1) is 38.2. The molecule has 42 heavy (non-hydrogen) atoms. The van der Waals surface area contributed by atoms with Crippen LogP contribution in [0.15, 0.2) is 107 Å². The molecule has 0 fully saturated rings. The van der Waals surface area contributed by atoms with Crippen LogP contribution in [0.3, 0.4) is 0 Å². The normalized spacial score (nSPS) is 10.2. The van der Waals surface area contributed by atoms with Gasteiger partial charge in [-0.3, -0.25) is 48.6 Å². The zero-order chi connectivity index (χ0) is 29.4. The van der Waals surface area contributed by atoms with Crippen molar-refractivity contribution < 1.29 is 82.6 Å². The fourth-order valence-corrected chi connectivity index (χ4v) is 4.57. The van der Waals surface area contributed by atoms with E-state index in [1.807, 2.05) is 30.5 Å². The van der Waals surface area contributed by atoms with Crippen molar-refractivity contribution in [2.75, 3.05) is 12.5 Å². The third-order valence-corrected chi connectivity index (χ3v) is 7.76. The SMILES string of the molecule is [CH-]=C(C(=[CH-])c1ccc(S(C)(=O)=O)cc1)c1ccc(F)cc1.[CH-]=C(C(=[CH-])c1ccc(SC)cc1)c1ccc(F)cc1.[Y].[Y]. The minimum atomic E-state index is -3.25. The van der Waals surface area contributed by atoms with Gasteiger partial charge in [-0.15, -0.1) is 60.3 Å². The van der Waals surface area contributed by atoms with Gasteiger partial charge >= 0.3 is 0 Å². The second-order valence-corrected chi connectivity index (χ2v) is 11.6. The first-order valence-electron chi connectivity index (χ1n) is 11.9. The Balaban J connectivity index is 0.000000403. The van der Waals surface area contributed by atoms with Gasteiger partial charge in [0.25, 0.3) is 0 Å². The van der Waals surface area contributed by atoms with Gasteiger partial charge in [0.15, 0.2) is 9.84 Å². The zero-order valence-corrected chi connectivity index (χ0v) is 30.4. The summed E-state index contributed by atoms with van der Waals surface area (Å²) in [6, 6.07) is 25.6. The van der Waals surface area contributed by atoms with Crippen molar-refractivity contribution in [3.8, 4) is 0 Å². The molecule has 4 rings (SSSR count). The van der Waals surface area contributed by atoms with E-state index in [1.165, 1.54) is 48.5 Å². The molecule has 0 spiro atoms. The molecule has 4 aromatic rings. The van der Waals surface area contributed by atoms with Gasteiger partial charge in [-0.2, -0.15) is 22.3 Å². The molecule has 0 atom stereocenters. The summed E-state index contributed by atoms with van der Waals surface area (Å²) >= 11 is 1.67. The number of allylic oxidation sites excluding steroid dienone is 4. The van der Waals surface area contributed by atoms with E-state index in [-0.39, 0.29) is 81.9 Å². The first-order valence-corrected chi connectivity index (χ1v) is 15.0.